The Morgan fingerprint density at radius 2 is 1.63 bits per heavy atom. The first-order chi connectivity index (χ1) is 13.7. The number of carbonyl (C=O) groups excluding carboxylic acids is 2. The third kappa shape index (κ3) is 6.75. The zero-order chi connectivity index (χ0) is 22.7. The Hall–Kier alpha value is -3.10. The summed E-state index contributed by atoms with van der Waals surface area (Å²) in [6.07, 6.45) is 0.519. The summed E-state index contributed by atoms with van der Waals surface area (Å²) < 4.78 is 25.0. The van der Waals surface area contributed by atoms with Crippen molar-refractivity contribution >= 4 is 12.1 Å². The van der Waals surface area contributed by atoms with Crippen molar-refractivity contribution in [2.45, 2.75) is 65.2 Å². The molecule has 1 aromatic heterocycles. The highest BCUT2D eigenvalue weighted by molar-refractivity contribution is 5.82. The van der Waals surface area contributed by atoms with Gasteiger partial charge in [0.25, 0.3) is 5.56 Å². The third-order valence-corrected chi connectivity index (χ3v) is 3.74. The second kappa shape index (κ2) is 8.73. The standard InChI is InChI=1S/C21H28FN3O5/c1-20(2,3)29-18(27)16(24-19(28)30-21(4,5)6)11-13-12-23-25(17(13)26)15-9-7-14(22)8-10-15/h7-10,12,16,23H,11H2,1-6H3,(H,24,28)/t16-/m0/s1. The first-order valence-corrected chi connectivity index (χ1v) is 9.53. The van der Waals surface area contributed by atoms with Gasteiger partial charge in [-0.1, -0.05) is 0 Å². The number of nitrogens with zero attached hydrogens (tertiary/aromatic N) is 1. The van der Waals surface area contributed by atoms with E-state index < -0.39 is 40.7 Å². The Kier molecular flexibility index (Phi) is 6.74. The monoisotopic (exact) mass is 421 g/mol. The number of halogens is 1. The van der Waals surface area contributed by atoms with Crippen molar-refractivity contribution in [1.29, 1.82) is 0 Å². The van der Waals surface area contributed by atoms with Gasteiger partial charge in [-0.25, -0.2) is 18.7 Å². The van der Waals surface area contributed by atoms with Gasteiger partial charge in [0.2, 0.25) is 0 Å². The number of hydrogen-bond donors (Lipinski definition) is 2. The molecule has 2 aromatic rings. The molecule has 0 bridgehead atoms. The molecule has 164 valence electrons. The first-order valence-electron chi connectivity index (χ1n) is 9.53. The average molecular weight is 421 g/mol. The maximum absolute atomic E-state index is 13.1. The normalized spacial score (nSPS) is 12.9. The molecule has 0 aliphatic rings. The number of alkyl carbamates (subject to hydrolysis) is 1. The van der Waals surface area contributed by atoms with Crippen molar-refractivity contribution in [2.24, 2.45) is 0 Å². The summed E-state index contributed by atoms with van der Waals surface area (Å²) in [4.78, 5) is 37.6. The predicted molar refractivity (Wildman–Crippen MR) is 109 cm³/mol. The van der Waals surface area contributed by atoms with Gasteiger partial charge in [0.1, 0.15) is 23.1 Å². The van der Waals surface area contributed by atoms with Gasteiger partial charge in [-0.2, -0.15) is 0 Å². The molecule has 0 saturated heterocycles. The van der Waals surface area contributed by atoms with Crippen LogP contribution in [0.4, 0.5) is 9.18 Å². The second-order valence-corrected chi connectivity index (χ2v) is 8.85. The number of H-pyrrole nitrogens is 1. The van der Waals surface area contributed by atoms with E-state index in [4.69, 9.17) is 9.47 Å². The first kappa shape index (κ1) is 23.2. The minimum absolute atomic E-state index is 0.113. The van der Waals surface area contributed by atoms with E-state index in [0.29, 0.717) is 5.69 Å². The largest absolute Gasteiger partial charge is 0.458 e. The summed E-state index contributed by atoms with van der Waals surface area (Å²) in [5, 5.41) is 5.26. The quantitative estimate of drug-likeness (QED) is 0.723. The minimum Gasteiger partial charge on any atom is -0.458 e. The Bertz CT molecular complexity index is 949. The van der Waals surface area contributed by atoms with Crippen LogP contribution in [0.5, 0.6) is 0 Å². The molecule has 9 heteroatoms. The fourth-order valence-electron chi connectivity index (χ4n) is 2.57. The topological polar surface area (TPSA) is 102 Å². The van der Waals surface area contributed by atoms with Crippen LogP contribution in [0.1, 0.15) is 47.1 Å². The molecule has 0 spiro atoms. The lowest BCUT2D eigenvalue weighted by Crippen LogP contribution is -2.47. The van der Waals surface area contributed by atoms with Gasteiger partial charge in [-0.15, -0.1) is 0 Å². The van der Waals surface area contributed by atoms with Crippen LogP contribution in [-0.4, -0.2) is 39.1 Å². The van der Waals surface area contributed by atoms with Gasteiger partial charge in [0, 0.05) is 18.2 Å². The molecule has 0 fully saturated rings. The molecule has 30 heavy (non-hydrogen) atoms. The Labute approximate surface area is 174 Å². The van der Waals surface area contributed by atoms with Gasteiger partial charge in [0.05, 0.1) is 5.69 Å². The molecule has 2 N–H and O–H groups in total. The molecule has 0 saturated carbocycles. The summed E-state index contributed by atoms with van der Waals surface area (Å²) in [5.74, 6) is -1.12. The summed E-state index contributed by atoms with van der Waals surface area (Å²) in [6.45, 7) is 10.2. The van der Waals surface area contributed by atoms with E-state index in [1.807, 2.05) is 0 Å². The molecule has 8 nitrogen and oxygen atoms in total. The SMILES string of the molecule is CC(C)(C)OC(=O)N[C@@H](Cc1c[nH]n(-c2ccc(F)cc2)c1=O)C(=O)OC(C)(C)C. The Balaban J connectivity index is 2.27. The highest BCUT2D eigenvalue weighted by atomic mass is 19.1. The van der Waals surface area contributed by atoms with Crippen LogP contribution in [0.3, 0.4) is 0 Å². The number of amides is 1. The van der Waals surface area contributed by atoms with Crippen molar-refractivity contribution < 1.29 is 23.5 Å². The van der Waals surface area contributed by atoms with Crippen LogP contribution in [0.15, 0.2) is 35.3 Å². The molecule has 1 atom stereocenters. The van der Waals surface area contributed by atoms with Crippen LogP contribution in [-0.2, 0) is 20.7 Å². The molecular weight excluding hydrogens is 393 g/mol. The number of aromatic nitrogens is 2. The highest BCUT2D eigenvalue weighted by Crippen LogP contribution is 2.13. The minimum atomic E-state index is -1.13. The summed E-state index contributed by atoms with van der Waals surface area (Å²) in [6, 6.07) is 4.22. The molecule has 0 aliphatic heterocycles. The molecule has 0 radical (unpaired) electrons. The van der Waals surface area contributed by atoms with Gasteiger partial charge in [-0.3, -0.25) is 9.89 Å². The fraction of sp³-hybridized carbons (Fsp3) is 0.476. The molecule has 1 amide bonds. The number of ether oxygens (including phenoxy) is 2. The van der Waals surface area contributed by atoms with Gasteiger partial charge >= 0.3 is 12.1 Å². The number of esters is 1. The van der Waals surface area contributed by atoms with E-state index in [1.54, 1.807) is 41.5 Å². The number of rotatable bonds is 5. The van der Waals surface area contributed by atoms with Gasteiger partial charge in [0.15, 0.2) is 0 Å². The second-order valence-electron chi connectivity index (χ2n) is 8.85. The number of carbonyl (C=O) groups is 2. The zero-order valence-electron chi connectivity index (χ0n) is 18.0. The van der Waals surface area contributed by atoms with Crippen molar-refractivity contribution in [3.05, 3.63) is 52.2 Å². The molecule has 1 aromatic carbocycles. The molecule has 1 heterocycles. The predicted octanol–water partition coefficient (Wildman–Crippen LogP) is 3.08. The van der Waals surface area contributed by atoms with Crippen LogP contribution in [0, 0.1) is 5.82 Å². The van der Waals surface area contributed by atoms with Crippen molar-refractivity contribution in [3.63, 3.8) is 0 Å². The van der Waals surface area contributed by atoms with Crippen molar-refractivity contribution in [1.82, 2.24) is 15.1 Å². The van der Waals surface area contributed by atoms with E-state index in [0.717, 1.165) is 0 Å². The third-order valence-electron chi connectivity index (χ3n) is 3.74. The van der Waals surface area contributed by atoms with Gasteiger partial charge < -0.3 is 14.8 Å². The summed E-state index contributed by atoms with van der Waals surface area (Å²) >= 11 is 0. The van der Waals surface area contributed by atoms with E-state index >= 15 is 0 Å². The zero-order valence-corrected chi connectivity index (χ0v) is 18.0. The van der Waals surface area contributed by atoms with E-state index in [9.17, 15) is 18.8 Å². The maximum Gasteiger partial charge on any atom is 0.408 e. The Morgan fingerprint density at radius 3 is 2.17 bits per heavy atom. The molecular formula is C21H28FN3O5. The van der Waals surface area contributed by atoms with Crippen molar-refractivity contribution in [2.75, 3.05) is 0 Å². The molecule has 0 aliphatic carbocycles. The summed E-state index contributed by atoms with van der Waals surface area (Å²) in [7, 11) is 0. The number of hydrogen-bond acceptors (Lipinski definition) is 5. The highest BCUT2D eigenvalue weighted by Gasteiger charge is 2.30. The van der Waals surface area contributed by atoms with Crippen LogP contribution >= 0.6 is 0 Å². The van der Waals surface area contributed by atoms with Crippen LogP contribution < -0.4 is 10.9 Å². The van der Waals surface area contributed by atoms with E-state index in [2.05, 4.69) is 10.4 Å². The number of benzene rings is 1. The average Bonchev–Trinajstić information content (AvgIpc) is 2.92. The van der Waals surface area contributed by atoms with Crippen LogP contribution in [0.2, 0.25) is 0 Å². The van der Waals surface area contributed by atoms with E-state index in [1.165, 1.54) is 35.1 Å². The summed E-state index contributed by atoms with van der Waals surface area (Å²) in [5.41, 5.74) is -1.29. The lowest BCUT2D eigenvalue weighted by Gasteiger charge is -2.26. The number of nitrogens with one attached hydrogen (secondary N) is 2. The molecule has 0 unspecified atom stereocenters. The fourth-order valence-corrected chi connectivity index (χ4v) is 2.57. The van der Waals surface area contributed by atoms with Crippen molar-refractivity contribution in [3.8, 4) is 5.69 Å². The van der Waals surface area contributed by atoms with Gasteiger partial charge in [-0.05, 0) is 65.8 Å². The maximum atomic E-state index is 13.1. The van der Waals surface area contributed by atoms with Crippen LogP contribution in [0.25, 0.3) is 5.69 Å². The smallest absolute Gasteiger partial charge is 0.408 e. The lowest BCUT2D eigenvalue weighted by atomic mass is 10.1. The Morgan fingerprint density at radius 1 is 1.07 bits per heavy atom. The molecule has 2 rings (SSSR count). The lowest BCUT2D eigenvalue weighted by molar-refractivity contribution is -0.157. The number of aromatic amines is 1. The van der Waals surface area contributed by atoms with E-state index in [-0.39, 0.29) is 12.0 Å².